The highest BCUT2D eigenvalue weighted by Gasteiger charge is 2.32. The third-order valence-corrected chi connectivity index (χ3v) is 4.34. The maximum Gasteiger partial charge on any atom is 0.311 e. The van der Waals surface area contributed by atoms with Crippen molar-refractivity contribution in [3.8, 4) is 0 Å². The van der Waals surface area contributed by atoms with E-state index in [0.29, 0.717) is 29.4 Å². The van der Waals surface area contributed by atoms with Crippen molar-refractivity contribution in [1.82, 2.24) is 4.98 Å². The Morgan fingerprint density at radius 3 is 2.59 bits per heavy atom. The van der Waals surface area contributed by atoms with E-state index in [1.807, 2.05) is 32.9 Å². The van der Waals surface area contributed by atoms with E-state index in [1.165, 1.54) is 6.20 Å². The summed E-state index contributed by atoms with van der Waals surface area (Å²) in [5.74, 6) is 0. The minimum Gasteiger partial charge on any atom is -0.388 e. The summed E-state index contributed by atoms with van der Waals surface area (Å²) in [6.45, 7) is 5.65. The highest BCUT2D eigenvalue weighted by atomic mass is 16.6. The van der Waals surface area contributed by atoms with Gasteiger partial charge in [0.2, 0.25) is 0 Å². The number of benzene rings is 1. The summed E-state index contributed by atoms with van der Waals surface area (Å²) in [4.78, 5) is 15.0. The van der Waals surface area contributed by atoms with Crippen molar-refractivity contribution >= 4 is 22.3 Å². The van der Waals surface area contributed by atoms with Crippen molar-refractivity contribution < 1.29 is 10.0 Å². The molecule has 1 aromatic heterocycles. The SMILES string of the molecule is CCC(O)(CC)C(C)Nc1c([N+](=O)[O-])cnc2ccccc12. The number of aromatic nitrogens is 1. The molecular weight excluding hydrogens is 282 g/mol. The third-order valence-electron chi connectivity index (χ3n) is 4.34. The van der Waals surface area contributed by atoms with Gasteiger partial charge in [0.15, 0.2) is 0 Å². The predicted octanol–water partition coefficient (Wildman–Crippen LogP) is 3.49. The summed E-state index contributed by atoms with van der Waals surface area (Å²) >= 11 is 0. The molecule has 22 heavy (non-hydrogen) atoms. The normalized spacial score (nSPS) is 13.1. The Balaban J connectivity index is 2.53. The smallest absolute Gasteiger partial charge is 0.311 e. The maximum atomic E-state index is 11.3. The molecule has 2 N–H and O–H groups in total. The van der Waals surface area contributed by atoms with Crippen molar-refractivity contribution in [3.05, 3.63) is 40.6 Å². The van der Waals surface area contributed by atoms with Gasteiger partial charge in [-0.15, -0.1) is 0 Å². The molecule has 118 valence electrons. The van der Waals surface area contributed by atoms with Crippen LogP contribution in [0.2, 0.25) is 0 Å². The maximum absolute atomic E-state index is 11.3. The van der Waals surface area contributed by atoms with Gasteiger partial charge < -0.3 is 10.4 Å². The van der Waals surface area contributed by atoms with Crippen LogP contribution in [0.15, 0.2) is 30.5 Å². The van der Waals surface area contributed by atoms with Crippen LogP contribution < -0.4 is 5.32 Å². The molecular formula is C16H21N3O3. The number of nitrogens with one attached hydrogen (secondary N) is 1. The standard InChI is InChI=1S/C16H21N3O3/c1-4-16(20,5-2)11(3)18-15-12-8-6-7-9-13(12)17-10-14(15)19(21)22/h6-11,20H,4-5H2,1-3H3,(H,17,18). The molecule has 0 amide bonds. The van der Waals surface area contributed by atoms with Crippen molar-refractivity contribution in [3.63, 3.8) is 0 Å². The predicted molar refractivity (Wildman–Crippen MR) is 87.0 cm³/mol. The van der Waals surface area contributed by atoms with Crippen molar-refractivity contribution in [2.75, 3.05) is 5.32 Å². The average Bonchev–Trinajstić information content (AvgIpc) is 2.53. The van der Waals surface area contributed by atoms with Gasteiger partial charge in [0.05, 0.1) is 22.1 Å². The van der Waals surface area contributed by atoms with Crippen molar-refractivity contribution in [2.24, 2.45) is 0 Å². The Hall–Kier alpha value is -2.21. The summed E-state index contributed by atoms with van der Waals surface area (Å²) < 4.78 is 0. The zero-order chi connectivity index (χ0) is 16.3. The van der Waals surface area contributed by atoms with Crippen LogP contribution >= 0.6 is 0 Å². The Labute approximate surface area is 129 Å². The van der Waals surface area contributed by atoms with Crippen molar-refractivity contribution in [2.45, 2.75) is 45.3 Å². The lowest BCUT2D eigenvalue weighted by Crippen LogP contribution is -2.44. The van der Waals surface area contributed by atoms with Gasteiger partial charge in [-0.05, 0) is 25.8 Å². The molecule has 0 aliphatic carbocycles. The van der Waals surface area contributed by atoms with Crippen LogP contribution in [0.25, 0.3) is 10.9 Å². The molecule has 0 bridgehead atoms. The lowest BCUT2D eigenvalue weighted by molar-refractivity contribution is -0.384. The second kappa shape index (κ2) is 6.27. The summed E-state index contributed by atoms with van der Waals surface area (Å²) in [5, 5.41) is 25.7. The quantitative estimate of drug-likeness (QED) is 0.630. The lowest BCUT2D eigenvalue weighted by atomic mass is 9.89. The minimum atomic E-state index is -0.918. The Morgan fingerprint density at radius 1 is 1.36 bits per heavy atom. The second-order valence-corrected chi connectivity index (χ2v) is 5.47. The summed E-state index contributed by atoms with van der Waals surface area (Å²) in [6.07, 6.45) is 2.39. The molecule has 2 rings (SSSR count). The first kappa shape index (κ1) is 16.2. The number of nitro groups is 1. The zero-order valence-electron chi connectivity index (χ0n) is 13.0. The van der Waals surface area contributed by atoms with E-state index < -0.39 is 10.5 Å². The van der Waals surface area contributed by atoms with E-state index in [2.05, 4.69) is 10.3 Å². The van der Waals surface area contributed by atoms with Gasteiger partial charge in [-0.25, -0.2) is 4.98 Å². The summed E-state index contributed by atoms with van der Waals surface area (Å²) in [5.41, 5.74) is 0.0842. The monoisotopic (exact) mass is 303 g/mol. The first-order valence-corrected chi connectivity index (χ1v) is 7.44. The number of para-hydroxylation sites is 1. The number of fused-ring (bicyclic) bond motifs is 1. The summed E-state index contributed by atoms with van der Waals surface area (Å²) in [6, 6.07) is 6.92. The minimum absolute atomic E-state index is 0.0832. The molecule has 0 saturated heterocycles. The Morgan fingerprint density at radius 2 is 2.00 bits per heavy atom. The van der Waals surface area contributed by atoms with E-state index in [1.54, 1.807) is 12.1 Å². The fourth-order valence-corrected chi connectivity index (χ4v) is 2.63. The van der Waals surface area contributed by atoms with Gasteiger partial charge >= 0.3 is 5.69 Å². The Bertz CT molecular complexity index is 683. The molecule has 2 aromatic rings. The van der Waals surface area contributed by atoms with Gasteiger partial charge in [-0.3, -0.25) is 10.1 Å². The van der Waals surface area contributed by atoms with E-state index in [4.69, 9.17) is 0 Å². The van der Waals surface area contributed by atoms with E-state index >= 15 is 0 Å². The Kier molecular flexibility index (Phi) is 4.61. The molecule has 6 nitrogen and oxygen atoms in total. The van der Waals surface area contributed by atoms with Crippen LogP contribution in [0.4, 0.5) is 11.4 Å². The van der Waals surface area contributed by atoms with Gasteiger partial charge in [-0.2, -0.15) is 0 Å². The number of hydrogen-bond donors (Lipinski definition) is 2. The highest BCUT2D eigenvalue weighted by molar-refractivity contribution is 5.95. The molecule has 0 saturated carbocycles. The van der Waals surface area contributed by atoms with Gasteiger partial charge in [0.25, 0.3) is 0 Å². The van der Waals surface area contributed by atoms with Gasteiger partial charge in [0.1, 0.15) is 11.9 Å². The van der Waals surface area contributed by atoms with Crippen LogP contribution in [0.5, 0.6) is 0 Å². The number of rotatable bonds is 6. The topological polar surface area (TPSA) is 88.3 Å². The van der Waals surface area contributed by atoms with Crippen molar-refractivity contribution in [1.29, 1.82) is 0 Å². The highest BCUT2D eigenvalue weighted by Crippen LogP contribution is 2.34. The fraction of sp³-hybridized carbons (Fsp3) is 0.438. The van der Waals surface area contributed by atoms with Gasteiger partial charge in [-0.1, -0.05) is 32.0 Å². The number of pyridine rings is 1. The van der Waals surface area contributed by atoms with Crippen LogP contribution in [0.3, 0.4) is 0 Å². The number of aliphatic hydroxyl groups is 1. The van der Waals surface area contributed by atoms with E-state index in [-0.39, 0.29) is 11.7 Å². The molecule has 0 aliphatic rings. The number of nitrogens with zero attached hydrogens (tertiary/aromatic N) is 2. The third kappa shape index (κ3) is 2.87. The van der Waals surface area contributed by atoms with Crippen LogP contribution in [-0.2, 0) is 0 Å². The van der Waals surface area contributed by atoms with Crippen LogP contribution in [0, 0.1) is 10.1 Å². The average molecular weight is 303 g/mol. The zero-order valence-corrected chi connectivity index (χ0v) is 13.0. The summed E-state index contributed by atoms with van der Waals surface area (Å²) in [7, 11) is 0. The van der Waals surface area contributed by atoms with Gasteiger partial charge in [0, 0.05) is 5.39 Å². The fourth-order valence-electron chi connectivity index (χ4n) is 2.63. The van der Waals surface area contributed by atoms with E-state index in [0.717, 1.165) is 0 Å². The first-order valence-electron chi connectivity index (χ1n) is 7.44. The van der Waals surface area contributed by atoms with E-state index in [9.17, 15) is 15.2 Å². The molecule has 0 aliphatic heterocycles. The molecule has 6 heteroatoms. The molecule has 1 heterocycles. The van der Waals surface area contributed by atoms with Crippen LogP contribution in [-0.4, -0.2) is 26.7 Å². The molecule has 0 fully saturated rings. The van der Waals surface area contributed by atoms with Crippen LogP contribution in [0.1, 0.15) is 33.6 Å². The molecule has 0 spiro atoms. The molecule has 0 radical (unpaired) electrons. The number of hydrogen-bond acceptors (Lipinski definition) is 5. The molecule has 1 aromatic carbocycles. The molecule has 1 atom stereocenters. The largest absolute Gasteiger partial charge is 0.388 e. The number of anilines is 1. The second-order valence-electron chi connectivity index (χ2n) is 5.47. The lowest BCUT2D eigenvalue weighted by Gasteiger charge is -2.33. The first-order chi connectivity index (χ1) is 10.4. The molecule has 1 unspecified atom stereocenters.